The second-order valence-electron chi connectivity index (χ2n) is 9.37. The van der Waals surface area contributed by atoms with Crippen LogP contribution in [0.2, 0.25) is 0 Å². The summed E-state index contributed by atoms with van der Waals surface area (Å²) in [4.78, 5) is 39.1. The highest BCUT2D eigenvalue weighted by atomic mass is 16.5. The summed E-state index contributed by atoms with van der Waals surface area (Å²) >= 11 is 0. The zero-order valence-electron chi connectivity index (χ0n) is 19.8. The van der Waals surface area contributed by atoms with Crippen molar-refractivity contribution in [3.63, 3.8) is 0 Å². The SMILES string of the molecule is COc1cccc(C(=O)COc2ccc(N(C=O)C(=O)C3C(C)CC=CC3C3C[C@@H]3C)cc2)c1. The number of imide groups is 1. The Morgan fingerprint density at radius 1 is 1.06 bits per heavy atom. The lowest BCUT2D eigenvalue weighted by Gasteiger charge is -2.34. The summed E-state index contributed by atoms with van der Waals surface area (Å²) in [7, 11) is 1.55. The fourth-order valence-electron chi connectivity index (χ4n) is 4.93. The number of methoxy groups -OCH3 is 1. The number of rotatable bonds is 9. The van der Waals surface area contributed by atoms with Crippen molar-refractivity contribution in [2.45, 2.75) is 26.7 Å². The third-order valence-corrected chi connectivity index (χ3v) is 7.06. The molecule has 6 nitrogen and oxygen atoms in total. The van der Waals surface area contributed by atoms with Crippen molar-refractivity contribution in [1.29, 1.82) is 0 Å². The summed E-state index contributed by atoms with van der Waals surface area (Å²) < 4.78 is 10.8. The van der Waals surface area contributed by atoms with E-state index in [0.717, 1.165) is 12.8 Å². The highest BCUT2D eigenvalue weighted by Crippen LogP contribution is 2.50. The number of carbonyl (C=O) groups is 3. The molecule has 2 aromatic carbocycles. The number of Topliss-reactive ketones (excluding diaryl/α,β-unsaturated/α-hetero) is 1. The van der Waals surface area contributed by atoms with E-state index in [1.807, 2.05) is 0 Å². The number of hydrogen-bond donors (Lipinski definition) is 0. The van der Waals surface area contributed by atoms with Gasteiger partial charge in [-0.05, 0) is 72.9 Å². The standard InChI is InChI=1S/C28H31NO5/c1-18-6-4-9-24(25-14-19(25)2)27(18)28(32)29(17-30)21-10-12-22(13-11-21)34-16-26(31)20-7-5-8-23(15-20)33-3/h4-5,7-13,15,17-19,24-25,27H,6,14,16H2,1-3H3/t18?,19-,24?,25?,27?/m0/s1. The summed E-state index contributed by atoms with van der Waals surface area (Å²) in [6.45, 7) is 4.18. The molecule has 0 radical (unpaired) electrons. The summed E-state index contributed by atoms with van der Waals surface area (Å²) in [6, 6.07) is 13.6. The molecule has 2 aliphatic carbocycles. The number of amides is 2. The lowest BCUT2D eigenvalue weighted by atomic mass is 9.73. The number of anilines is 1. The van der Waals surface area contributed by atoms with E-state index in [1.54, 1.807) is 55.6 Å². The molecule has 0 N–H and O–H groups in total. The van der Waals surface area contributed by atoms with Crippen LogP contribution in [0, 0.1) is 29.6 Å². The van der Waals surface area contributed by atoms with Gasteiger partial charge in [0.2, 0.25) is 12.3 Å². The largest absolute Gasteiger partial charge is 0.497 e. The zero-order chi connectivity index (χ0) is 24.2. The van der Waals surface area contributed by atoms with Crippen LogP contribution < -0.4 is 14.4 Å². The number of allylic oxidation sites excluding steroid dienone is 2. The first-order valence-electron chi connectivity index (χ1n) is 11.8. The molecule has 2 amide bonds. The molecule has 1 fully saturated rings. The minimum atomic E-state index is -0.207. The Balaban J connectivity index is 1.42. The predicted octanol–water partition coefficient (Wildman–Crippen LogP) is 4.93. The number of ether oxygens (including phenoxy) is 2. The lowest BCUT2D eigenvalue weighted by molar-refractivity contribution is -0.128. The van der Waals surface area contributed by atoms with Crippen LogP contribution in [0.1, 0.15) is 37.0 Å². The number of nitrogens with zero attached hydrogens (tertiary/aromatic N) is 1. The van der Waals surface area contributed by atoms with Crippen molar-refractivity contribution in [1.82, 2.24) is 0 Å². The van der Waals surface area contributed by atoms with Crippen molar-refractivity contribution < 1.29 is 23.9 Å². The summed E-state index contributed by atoms with van der Waals surface area (Å²) in [6.07, 6.45) is 6.93. The Morgan fingerprint density at radius 3 is 2.44 bits per heavy atom. The van der Waals surface area contributed by atoms with E-state index < -0.39 is 0 Å². The van der Waals surface area contributed by atoms with Crippen LogP contribution >= 0.6 is 0 Å². The van der Waals surface area contributed by atoms with Crippen molar-refractivity contribution in [2.75, 3.05) is 18.6 Å². The molecule has 4 unspecified atom stereocenters. The monoisotopic (exact) mass is 461 g/mol. The molecule has 0 saturated heterocycles. The van der Waals surface area contributed by atoms with Crippen molar-refractivity contribution >= 4 is 23.8 Å². The van der Waals surface area contributed by atoms with Gasteiger partial charge in [0.05, 0.1) is 12.8 Å². The summed E-state index contributed by atoms with van der Waals surface area (Å²) in [5.41, 5.74) is 1.000. The van der Waals surface area contributed by atoms with Crippen molar-refractivity contribution in [3.8, 4) is 11.5 Å². The predicted molar refractivity (Wildman–Crippen MR) is 130 cm³/mol. The topological polar surface area (TPSA) is 72.9 Å². The molecule has 5 atom stereocenters. The van der Waals surface area contributed by atoms with Gasteiger partial charge >= 0.3 is 0 Å². The van der Waals surface area contributed by atoms with Gasteiger partial charge in [0.1, 0.15) is 11.5 Å². The highest BCUT2D eigenvalue weighted by molar-refractivity contribution is 6.08. The molecule has 0 aromatic heterocycles. The molecular formula is C28H31NO5. The van der Waals surface area contributed by atoms with Crippen LogP contribution in [0.5, 0.6) is 11.5 Å². The number of ketones is 1. The van der Waals surface area contributed by atoms with E-state index in [-0.39, 0.29) is 36.1 Å². The second kappa shape index (κ2) is 10.2. The molecule has 0 bridgehead atoms. The number of hydrogen-bond acceptors (Lipinski definition) is 5. The normalized spacial score (nSPS) is 25.3. The average Bonchev–Trinajstić information content (AvgIpc) is 3.59. The van der Waals surface area contributed by atoms with Crippen LogP contribution in [-0.4, -0.2) is 31.8 Å². The molecule has 1 saturated carbocycles. The summed E-state index contributed by atoms with van der Waals surface area (Å²) in [5.74, 6) is 2.05. The van der Waals surface area contributed by atoms with E-state index in [2.05, 4.69) is 26.0 Å². The van der Waals surface area contributed by atoms with Crippen LogP contribution in [0.25, 0.3) is 0 Å². The Bertz CT molecular complexity index is 1080. The first-order chi connectivity index (χ1) is 16.4. The Labute approximate surface area is 200 Å². The molecule has 34 heavy (non-hydrogen) atoms. The second-order valence-corrected chi connectivity index (χ2v) is 9.37. The Kier molecular flexibility index (Phi) is 7.15. The van der Waals surface area contributed by atoms with E-state index in [0.29, 0.717) is 41.0 Å². The van der Waals surface area contributed by atoms with Gasteiger partial charge in [-0.15, -0.1) is 0 Å². The average molecular weight is 462 g/mol. The Hall–Kier alpha value is -3.41. The van der Waals surface area contributed by atoms with Gasteiger partial charge in [0.15, 0.2) is 12.4 Å². The van der Waals surface area contributed by atoms with Crippen LogP contribution in [-0.2, 0) is 9.59 Å². The third kappa shape index (κ3) is 5.06. The number of benzene rings is 2. The maximum absolute atomic E-state index is 13.5. The van der Waals surface area contributed by atoms with E-state index in [9.17, 15) is 14.4 Å². The zero-order valence-corrected chi connectivity index (χ0v) is 19.8. The molecule has 0 spiro atoms. The first-order valence-corrected chi connectivity index (χ1v) is 11.8. The van der Waals surface area contributed by atoms with E-state index in [4.69, 9.17) is 9.47 Å². The van der Waals surface area contributed by atoms with Gasteiger partial charge in [-0.2, -0.15) is 0 Å². The lowest BCUT2D eigenvalue weighted by Crippen LogP contribution is -2.42. The molecule has 6 heteroatoms. The van der Waals surface area contributed by atoms with Gasteiger partial charge in [-0.25, -0.2) is 0 Å². The molecule has 4 rings (SSSR count). The minimum absolute atomic E-state index is 0.129. The fourth-order valence-corrected chi connectivity index (χ4v) is 4.93. The van der Waals surface area contributed by atoms with E-state index in [1.165, 1.54) is 4.90 Å². The maximum atomic E-state index is 13.5. The van der Waals surface area contributed by atoms with Crippen LogP contribution in [0.4, 0.5) is 5.69 Å². The first kappa shape index (κ1) is 23.7. The molecule has 0 aliphatic heterocycles. The smallest absolute Gasteiger partial charge is 0.237 e. The van der Waals surface area contributed by atoms with Crippen LogP contribution in [0.3, 0.4) is 0 Å². The van der Waals surface area contributed by atoms with Gasteiger partial charge in [-0.1, -0.05) is 38.1 Å². The van der Waals surface area contributed by atoms with Gasteiger partial charge in [0, 0.05) is 11.5 Å². The van der Waals surface area contributed by atoms with Crippen molar-refractivity contribution in [3.05, 3.63) is 66.2 Å². The van der Waals surface area contributed by atoms with Crippen LogP contribution in [0.15, 0.2) is 60.7 Å². The molecule has 0 heterocycles. The quantitative estimate of drug-likeness (QED) is 0.301. The minimum Gasteiger partial charge on any atom is -0.497 e. The number of carbonyl (C=O) groups excluding carboxylic acids is 3. The molecule has 2 aliphatic rings. The van der Waals surface area contributed by atoms with Gasteiger partial charge in [0.25, 0.3) is 0 Å². The Morgan fingerprint density at radius 2 is 1.79 bits per heavy atom. The highest BCUT2D eigenvalue weighted by Gasteiger charge is 2.47. The molecule has 178 valence electrons. The van der Waals surface area contributed by atoms with Gasteiger partial charge < -0.3 is 9.47 Å². The summed E-state index contributed by atoms with van der Waals surface area (Å²) in [5, 5.41) is 0. The van der Waals surface area contributed by atoms with Crippen molar-refractivity contribution in [2.24, 2.45) is 29.6 Å². The van der Waals surface area contributed by atoms with Gasteiger partial charge in [-0.3, -0.25) is 19.3 Å². The fraction of sp³-hybridized carbons (Fsp3) is 0.393. The maximum Gasteiger partial charge on any atom is 0.237 e. The third-order valence-electron chi connectivity index (χ3n) is 7.06. The van der Waals surface area contributed by atoms with E-state index >= 15 is 0 Å². The molecule has 2 aromatic rings. The molecular weight excluding hydrogens is 430 g/mol.